The van der Waals surface area contributed by atoms with Crippen molar-refractivity contribution in [2.75, 3.05) is 6.61 Å². The van der Waals surface area contributed by atoms with E-state index >= 15 is 0 Å². The van der Waals surface area contributed by atoms with Gasteiger partial charge in [0.2, 0.25) is 0 Å². The molecule has 6 aliphatic rings. The molecule has 250 valence electrons. The van der Waals surface area contributed by atoms with Gasteiger partial charge in [-0.3, -0.25) is 0 Å². The van der Waals surface area contributed by atoms with Crippen LogP contribution in [-0.4, -0.2) is 70.6 Å². The topological polar surface area (TPSA) is 94.5 Å². The summed E-state index contributed by atoms with van der Waals surface area (Å²) in [5, 5.41) is 23.7. The lowest BCUT2D eigenvalue weighted by Crippen LogP contribution is -2.62. The smallest absolute Gasteiger partial charge is 0.331 e. The Labute approximate surface area is 265 Å². The van der Waals surface area contributed by atoms with Gasteiger partial charge >= 0.3 is 5.97 Å². The standard InChI is InChI=1S/C37H60O7/c1-8-22(3)42-33-23(4)43-31(20-30(33)38)36(7,9-2)44-26-12-15-34(5)25(19-26)10-11-29-28(34)13-16-35(6)27(14-17-37(29,35)40)24-18-32(39)41-21-24/h18,22-23,25-31,33,38,40H,8-17,19-21H2,1-7H3/t22?,23?,25?,26-,27?,28?,29?,30?,31+,33+,34?,35?,36?,37?/m0/s1. The lowest BCUT2D eigenvalue weighted by molar-refractivity contribution is -0.257. The minimum atomic E-state index is -0.679. The third-order valence-corrected chi connectivity index (χ3v) is 14.4. The number of hydrogen-bond donors (Lipinski definition) is 2. The third kappa shape index (κ3) is 5.23. The van der Waals surface area contributed by atoms with Crippen molar-refractivity contribution in [2.24, 2.45) is 34.5 Å². The Balaban J connectivity index is 1.12. The fraction of sp³-hybridized carbons (Fsp3) is 0.919. The van der Waals surface area contributed by atoms with Crippen molar-refractivity contribution >= 4 is 5.97 Å². The number of esters is 1. The van der Waals surface area contributed by atoms with Crippen LogP contribution in [0.25, 0.3) is 0 Å². The Hall–Kier alpha value is -0.990. The highest BCUT2D eigenvalue weighted by molar-refractivity contribution is 5.85. The van der Waals surface area contributed by atoms with E-state index in [1.807, 2.05) is 6.92 Å². The zero-order valence-electron chi connectivity index (χ0n) is 28.5. The van der Waals surface area contributed by atoms with Gasteiger partial charge in [0.1, 0.15) is 12.7 Å². The minimum Gasteiger partial charge on any atom is -0.458 e. The molecule has 1 saturated heterocycles. The molecule has 2 heterocycles. The molecule has 5 fully saturated rings. The molecule has 0 radical (unpaired) electrons. The molecule has 0 spiro atoms. The van der Waals surface area contributed by atoms with Crippen LogP contribution in [0.2, 0.25) is 0 Å². The third-order valence-electron chi connectivity index (χ3n) is 14.4. The highest BCUT2D eigenvalue weighted by atomic mass is 16.6. The maximum Gasteiger partial charge on any atom is 0.331 e. The Kier molecular flexibility index (Phi) is 8.92. The van der Waals surface area contributed by atoms with Gasteiger partial charge in [-0.25, -0.2) is 4.79 Å². The van der Waals surface area contributed by atoms with Crippen LogP contribution in [0.15, 0.2) is 11.6 Å². The van der Waals surface area contributed by atoms with Gasteiger partial charge in [-0.2, -0.15) is 0 Å². The number of rotatable bonds is 8. The van der Waals surface area contributed by atoms with E-state index in [0.29, 0.717) is 30.8 Å². The summed E-state index contributed by atoms with van der Waals surface area (Å²) >= 11 is 0. The Morgan fingerprint density at radius 3 is 2.50 bits per heavy atom. The van der Waals surface area contributed by atoms with Crippen molar-refractivity contribution in [1.29, 1.82) is 0 Å². The van der Waals surface area contributed by atoms with Gasteiger partial charge in [-0.15, -0.1) is 0 Å². The Morgan fingerprint density at radius 1 is 1.07 bits per heavy atom. The second-order valence-corrected chi connectivity index (χ2v) is 16.4. The van der Waals surface area contributed by atoms with Gasteiger partial charge in [0, 0.05) is 17.9 Å². The molecule has 7 heteroatoms. The average molecular weight is 617 g/mol. The molecule has 7 nitrogen and oxygen atoms in total. The number of fused-ring (bicyclic) bond motifs is 5. The SMILES string of the molecule is CCC(C)O[C@H]1C(O)C[C@H](C(C)(CC)O[C@H]2CCC3(C)C(CCC4C3CCC3(C)C(C5=CC(=O)OC5)CCC43O)C2)OC1C. The zero-order valence-corrected chi connectivity index (χ0v) is 28.5. The quantitative estimate of drug-likeness (QED) is 0.300. The first-order valence-electron chi connectivity index (χ1n) is 18.0. The summed E-state index contributed by atoms with van der Waals surface area (Å²) in [7, 11) is 0. The first-order chi connectivity index (χ1) is 20.8. The fourth-order valence-corrected chi connectivity index (χ4v) is 11.3. The van der Waals surface area contributed by atoms with Crippen LogP contribution in [0.1, 0.15) is 126 Å². The molecule has 2 aliphatic heterocycles. The van der Waals surface area contributed by atoms with Gasteiger partial charge in [-0.05, 0) is 126 Å². The average Bonchev–Trinajstić information content (AvgIpc) is 3.54. The second kappa shape index (κ2) is 11.9. The van der Waals surface area contributed by atoms with Crippen LogP contribution < -0.4 is 0 Å². The summed E-state index contributed by atoms with van der Waals surface area (Å²) in [6.07, 6.45) is 12.4. The predicted octanol–water partition coefficient (Wildman–Crippen LogP) is 6.52. The maximum absolute atomic E-state index is 12.6. The van der Waals surface area contributed by atoms with Crippen LogP contribution in [0, 0.1) is 34.5 Å². The van der Waals surface area contributed by atoms with Crippen LogP contribution in [0.3, 0.4) is 0 Å². The number of carbonyl (C=O) groups excluding carboxylic acids is 1. The molecule has 0 bridgehead atoms. The van der Waals surface area contributed by atoms with Crippen molar-refractivity contribution in [3.8, 4) is 0 Å². The minimum absolute atomic E-state index is 0.0939. The number of carbonyl (C=O) groups is 1. The molecule has 2 N–H and O–H groups in total. The molecule has 0 aromatic heterocycles. The molecule has 4 aliphatic carbocycles. The normalized spacial score (nSPS) is 49.2. The first-order valence-corrected chi connectivity index (χ1v) is 18.0. The van der Waals surface area contributed by atoms with Crippen molar-refractivity contribution < 1.29 is 34.0 Å². The highest BCUT2D eigenvalue weighted by Crippen LogP contribution is 2.70. The number of aliphatic hydroxyl groups is 2. The highest BCUT2D eigenvalue weighted by Gasteiger charge is 2.67. The summed E-state index contributed by atoms with van der Waals surface area (Å²) in [4.78, 5) is 11.9. The van der Waals surface area contributed by atoms with E-state index in [4.69, 9.17) is 18.9 Å². The van der Waals surface area contributed by atoms with Crippen molar-refractivity contribution in [2.45, 2.75) is 173 Å². The molecular weight excluding hydrogens is 556 g/mol. The molecule has 0 aromatic rings. The van der Waals surface area contributed by atoms with Gasteiger partial charge in [0.25, 0.3) is 0 Å². The number of cyclic esters (lactones) is 1. The van der Waals surface area contributed by atoms with Crippen LogP contribution >= 0.6 is 0 Å². The van der Waals surface area contributed by atoms with Gasteiger partial charge in [-0.1, -0.05) is 27.7 Å². The van der Waals surface area contributed by atoms with E-state index in [2.05, 4.69) is 41.5 Å². The Morgan fingerprint density at radius 2 is 1.84 bits per heavy atom. The van der Waals surface area contributed by atoms with Crippen LogP contribution in [0.4, 0.5) is 0 Å². The lowest BCUT2D eigenvalue weighted by atomic mass is 9.43. The van der Waals surface area contributed by atoms with Crippen molar-refractivity contribution in [3.63, 3.8) is 0 Å². The molecule has 0 amide bonds. The number of hydrogen-bond acceptors (Lipinski definition) is 7. The maximum atomic E-state index is 12.6. The molecule has 14 atom stereocenters. The van der Waals surface area contributed by atoms with Crippen LogP contribution in [0.5, 0.6) is 0 Å². The number of ether oxygens (including phenoxy) is 4. The molecule has 0 aromatic carbocycles. The van der Waals surface area contributed by atoms with E-state index < -0.39 is 17.3 Å². The van der Waals surface area contributed by atoms with E-state index in [1.54, 1.807) is 6.08 Å². The molecule has 4 saturated carbocycles. The van der Waals surface area contributed by atoms with Crippen molar-refractivity contribution in [1.82, 2.24) is 0 Å². The monoisotopic (exact) mass is 616 g/mol. The number of aliphatic hydroxyl groups excluding tert-OH is 1. The molecule has 11 unspecified atom stereocenters. The summed E-state index contributed by atoms with van der Waals surface area (Å²) in [6.45, 7) is 15.8. The van der Waals surface area contributed by atoms with E-state index in [0.717, 1.165) is 76.2 Å². The lowest BCUT2D eigenvalue weighted by Gasteiger charge is -2.64. The molecule has 44 heavy (non-hydrogen) atoms. The van der Waals surface area contributed by atoms with E-state index in [1.165, 1.54) is 0 Å². The van der Waals surface area contributed by atoms with E-state index in [9.17, 15) is 15.0 Å². The summed E-state index contributed by atoms with van der Waals surface area (Å²) in [5.41, 5.74) is -0.0284. The largest absolute Gasteiger partial charge is 0.458 e. The summed E-state index contributed by atoms with van der Waals surface area (Å²) in [6, 6.07) is 0. The molecule has 6 rings (SSSR count). The van der Waals surface area contributed by atoms with Gasteiger partial charge < -0.3 is 29.2 Å². The van der Waals surface area contributed by atoms with E-state index in [-0.39, 0.29) is 53.2 Å². The Bertz CT molecular complexity index is 1100. The zero-order chi connectivity index (χ0) is 31.7. The molecular formula is C37H60O7. The fourth-order valence-electron chi connectivity index (χ4n) is 11.3. The van der Waals surface area contributed by atoms with Gasteiger partial charge in [0.15, 0.2) is 0 Å². The van der Waals surface area contributed by atoms with Crippen LogP contribution in [-0.2, 0) is 23.7 Å². The van der Waals surface area contributed by atoms with Gasteiger partial charge in [0.05, 0.1) is 41.7 Å². The first kappa shape index (κ1) is 32.9. The predicted molar refractivity (Wildman–Crippen MR) is 169 cm³/mol. The summed E-state index contributed by atoms with van der Waals surface area (Å²) < 4.78 is 25.0. The second-order valence-electron chi connectivity index (χ2n) is 16.4. The van der Waals surface area contributed by atoms with Crippen molar-refractivity contribution in [3.05, 3.63) is 11.6 Å². The summed E-state index contributed by atoms with van der Waals surface area (Å²) in [5.74, 6) is 1.43.